The van der Waals surface area contributed by atoms with Gasteiger partial charge in [0.25, 0.3) is 0 Å². The van der Waals surface area contributed by atoms with E-state index in [-0.39, 0.29) is 0 Å². The third kappa shape index (κ3) is 3.06. The molecule has 0 aliphatic carbocycles. The first-order valence-electron chi connectivity index (χ1n) is 6.55. The lowest BCUT2D eigenvalue weighted by Crippen LogP contribution is -2.21. The minimum absolute atomic E-state index is 0.294. The SMILES string of the molecule is Cc1ccccc1N(CCCN)c1ccccc1O. The lowest BCUT2D eigenvalue weighted by atomic mass is 10.1. The Morgan fingerprint density at radius 3 is 2.26 bits per heavy atom. The summed E-state index contributed by atoms with van der Waals surface area (Å²) in [6, 6.07) is 15.6. The van der Waals surface area contributed by atoms with Gasteiger partial charge in [0, 0.05) is 12.2 Å². The van der Waals surface area contributed by atoms with Gasteiger partial charge in [-0.1, -0.05) is 30.3 Å². The number of hydrogen-bond acceptors (Lipinski definition) is 3. The topological polar surface area (TPSA) is 49.5 Å². The van der Waals surface area contributed by atoms with Crippen LogP contribution in [0.2, 0.25) is 0 Å². The molecule has 0 bridgehead atoms. The van der Waals surface area contributed by atoms with Gasteiger partial charge in [-0.3, -0.25) is 0 Å². The number of benzene rings is 2. The van der Waals surface area contributed by atoms with Crippen molar-refractivity contribution in [3.63, 3.8) is 0 Å². The molecule has 100 valence electrons. The molecule has 3 nitrogen and oxygen atoms in total. The van der Waals surface area contributed by atoms with Crippen LogP contribution in [0.5, 0.6) is 5.75 Å². The summed E-state index contributed by atoms with van der Waals surface area (Å²) >= 11 is 0. The minimum atomic E-state index is 0.294. The van der Waals surface area contributed by atoms with Crippen LogP contribution in [0.4, 0.5) is 11.4 Å². The van der Waals surface area contributed by atoms with Crippen LogP contribution < -0.4 is 10.6 Å². The fourth-order valence-corrected chi connectivity index (χ4v) is 2.18. The van der Waals surface area contributed by atoms with E-state index in [4.69, 9.17) is 5.73 Å². The van der Waals surface area contributed by atoms with Crippen molar-refractivity contribution in [2.24, 2.45) is 5.73 Å². The predicted molar refractivity (Wildman–Crippen MR) is 80.0 cm³/mol. The Morgan fingerprint density at radius 2 is 1.63 bits per heavy atom. The Hall–Kier alpha value is -2.00. The highest BCUT2D eigenvalue weighted by atomic mass is 16.3. The second-order valence-corrected chi connectivity index (χ2v) is 4.57. The van der Waals surface area contributed by atoms with Gasteiger partial charge < -0.3 is 15.7 Å². The van der Waals surface area contributed by atoms with E-state index in [2.05, 4.69) is 24.0 Å². The van der Waals surface area contributed by atoms with Crippen LogP contribution in [0.25, 0.3) is 0 Å². The Kier molecular flexibility index (Phi) is 4.42. The second kappa shape index (κ2) is 6.25. The van der Waals surface area contributed by atoms with Gasteiger partial charge in [0.2, 0.25) is 0 Å². The van der Waals surface area contributed by atoms with Gasteiger partial charge in [-0.05, 0) is 43.7 Å². The summed E-state index contributed by atoms with van der Waals surface area (Å²) in [5.74, 6) is 0.294. The van der Waals surface area contributed by atoms with Crippen LogP contribution in [0.1, 0.15) is 12.0 Å². The Bertz CT molecular complexity index is 494. The summed E-state index contributed by atoms with van der Waals surface area (Å²) in [5, 5.41) is 10.1. The first-order chi connectivity index (χ1) is 9.24. The molecular formula is C16H20N2O. The molecule has 3 heteroatoms. The van der Waals surface area contributed by atoms with Crippen LogP contribution in [0.15, 0.2) is 48.5 Å². The second-order valence-electron chi connectivity index (χ2n) is 4.57. The molecule has 0 fully saturated rings. The van der Waals surface area contributed by atoms with Crippen molar-refractivity contribution in [1.82, 2.24) is 0 Å². The van der Waals surface area contributed by atoms with Gasteiger partial charge in [-0.2, -0.15) is 0 Å². The van der Waals surface area contributed by atoms with Crippen LogP contribution in [0.3, 0.4) is 0 Å². The molecule has 0 atom stereocenters. The maximum absolute atomic E-state index is 10.1. The standard InChI is InChI=1S/C16H20N2O/c1-13-7-2-3-8-14(13)18(12-6-11-17)15-9-4-5-10-16(15)19/h2-5,7-10,19H,6,11-12,17H2,1H3. The Balaban J connectivity index is 2.42. The number of aryl methyl sites for hydroxylation is 1. The van der Waals surface area contributed by atoms with Crippen molar-refractivity contribution in [2.45, 2.75) is 13.3 Å². The maximum Gasteiger partial charge on any atom is 0.139 e. The average Bonchev–Trinajstić information content (AvgIpc) is 2.42. The maximum atomic E-state index is 10.1. The van der Waals surface area contributed by atoms with Crippen molar-refractivity contribution >= 4 is 11.4 Å². The van der Waals surface area contributed by atoms with Crippen LogP contribution in [-0.4, -0.2) is 18.2 Å². The Morgan fingerprint density at radius 1 is 1.00 bits per heavy atom. The summed E-state index contributed by atoms with van der Waals surface area (Å²) < 4.78 is 0. The molecule has 0 unspecified atom stereocenters. The molecule has 0 aliphatic rings. The monoisotopic (exact) mass is 256 g/mol. The van der Waals surface area contributed by atoms with E-state index in [1.807, 2.05) is 30.3 Å². The first-order valence-corrected chi connectivity index (χ1v) is 6.55. The molecule has 0 spiro atoms. The van der Waals surface area contributed by atoms with E-state index in [0.29, 0.717) is 12.3 Å². The normalized spacial score (nSPS) is 10.4. The number of phenolic OH excluding ortho intramolecular Hbond substituents is 1. The number of para-hydroxylation sites is 3. The van der Waals surface area contributed by atoms with Crippen molar-refractivity contribution < 1.29 is 5.11 Å². The van der Waals surface area contributed by atoms with Crippen molar-refractivity contribution in [2.75, 3.05) is 18.0 Å². The molecule has 0 aromatic heterocycles. The number of phenols is 1. The number of nitrogens with zero attached hydrogens (tertiary/aromatic N) is 1. The fraction of sp³-hybridized carbons (Fsp3) is 0.250. The summed E-state index contributed by atoms with van der Waals surface area (Å²) in [7, 11) is 0. The fourth-order valence-electron chi connectivity index (χ4n) is 2.18. The van der Waals surface area contributed by atoms with Gasteiger partial charge in [0.15, 0.2) is 0 Å². The average molecular weight is 256 g/mol. The summed E-state index contributed by atoms with van der Waals surface area (Å²) in [5.41, 5.74) is 8.74. The quantitative estimate of drug-likeness (QED) is 0.863. The summed E-state index contributed by atoms with van der Waals surface area (Å²) in [6.45, 7) is 3.50. The molecular weight excluding hydrogens is 236 g/mol. The molecule has 2 aromatic carbocycles. The molecule has 3 N–H and O–H groups in total. The summed E-state index contributed by atoms with van der Waals surface area (Å²) in [4.78, 5) is 2.12. The third-order valence-electron chi connectivity index (χ3n) is 3.16. The van der Waals surface area contributed by atoms with E-state index < -0.39 is 0 Å². The van der Waals surface area contributed by atoms with Crippen molar-refractivity contribution in [3.8, 4) is 5.75 Å². The largest absolute Gasteiger partial charge is 0.506 e. The molecule has 0 saturated carbocycles. The van der Waals surface area contributed by atoms with Gasteiger partial charge in [0.05, 0.1) is 5.69 Å². The van der Waals surface area contributed by atoms with E-state index in [0.717, 1.165) is 24.3 Å². The Labute approximate surface area is 114 Å². The number of anilines is 2. The van der Waals surface area contributed by atoms with Crippen LogP contribution in [0, 0.1) is 6.92 Å². The zero-order chi connectivity index (χ0) is 13.7. The number of hydrogen-bond donors (Lipinski definition) is 2. The molecule has 19 heavy (non-hydrogen) atoms. The zero-order valence-corrected chi connectivity index (χ0v) is 11.2. The molecule has 0 saturated heterocycles. The van der Waals surface area contributed by atoms with Gasteiger partial charge in [-0.25, -0.2) is 0 Å². The third-order valence-corrected chi connectivity index (χ3v) is 3.16. The van der Waals surface area contributed by atoms with E-state index in [1.54, 1.807) is 6.07 Å². The number of nitrogens with two attached hydrogens (primary N) is 1. The highest BCUT2D eigenvalue weighted by Gasteiger charge is 2.13. The van der Waals surface area contributed by atoms with Crippen LogP contribution >= 0.6 is 0 Å². The van der Waals surface area contributed by atoms with Crippen LogP contribution in [-0.2, 0) is 0 Å². The molecule has 0 radical (unpaired) electrons. The molecule has 0 heterocycles. The smallest absolute Gasteiger partial charge is 0.139 e. The molecule has 0 aliphatic heterocycles. The lowest BCUT2D eigenvalue weighted by molar-refractivity contribution is 0.475. The van der Waals surface area contributed by atoms with Gasteiger partial charge in [0.1, 0.15) is 5.75 Å². The number of aromatic hydroxyl groups is 1. The number of rotatable bonds is 5. The van der Waals surface area contributed by atoms with Gasteiger partial charge >= 0.3 is 0 Å². The van der Waals surface area contributed by atoms with E-state index in [1.165, 1.54) is 5.56 Å². The zero-order valence-electron chi connectivity index (χ0n) is 11.2. The highest BCUT2D eigenvalue weighted by Crippen LogP contribution is 2.34. The van der Waals surface area contributed by atoms with E-state index in [9.17, 15) is 5.11 Å². The first kappa shape index (κ1) is 13.4. The van der Waals surface area contributed by atoms with E-state index >= 15 is 0 Å². The summed E-state index contributed by atoms with van der Waals surface area (Å²) in [6.07, 6.45) is 0.878. The lowest BCUT2D eigenvalue weighted by Gasteiger charge is -2.27. The molecule has 2 aromatic rings. The predicted octanol–water partition coefficient (Wildman–Crippen LogP) is 3.19. The minimum Gasteiger partial charge on any atom is -0.506 e. The highest BCUT2D eigenvalue weighted by molar-refractivity contribution is 5.70. The van der Waals surface area contributed by atoms with Gasteiger partial charge in [-0.15, -0.1) is 0 Å². The van der Waals surface area contributed by atoms with Crippen molar-refractivity contribution in [3.05, 3.63) is 54.1 Å². The molecule has 0 amide bonds. The van der Waals surface area contributed by atoms with Crippen molar-refractivity contribution in [1.29, 1.82) is 0 Å². The molecule has 2 rings (SSSR count).